The molecule has 1 aromatic heterocycles. The summed E-state index contributed by atoms with van der Waals surface area (Å²) >= 11 is 12.5. The van der Waals surface area contributed by atoms with Crippen LogP contribution in [0.15, 0.2) is 65.3 Å². The number of nitrogens with one attached hydrogen (secondary N) is 1. The summed E-state index contributed by atoms with van der Waals surface area (Å²) in [6.07, 6.45) is 3.98. The number of likely N-dealkylation sites (tertiary alicyclic amines) is 1. The highest BCUT2D eigenvalue weighted by atomic mass is 35.5. The fourth-order valence-electron chi connectivity index (χ4n) is 5.46. The Labute approximate surface area is 254 Å². The van der Waals surface area contributed by atoms with Crippen LogP contribution in [0.2, 0.25) is 10.2 Å². The molecule has 0 saturated carbocycles. The van der Waals surface area contributed by atoms with E-state index in [9.17, 15) is 18.0 Å². The van der Waals surface area contributed by atoms with Gasteiger partial charge in [0.05, 0.1) is 22.7 Å². The van der Waals surface area contributed by atoms with E-state index in [1.165, 1.54) is 6.07 Å². The first-order valence-electron chi connectivity index (χ1n) is 13.3. The Morgan fingerprint density at radius 1 is 1.17 bits per heavy atom. The fourth-order valence-corrected chi connectivity index (χ4v) is 6.51. The number of amides is 1. The third kappa shape index (κ3) is 6.17. The molecule has 1 saturated heterocycles. The number of carbonyl (C=O) groups is 2. The maximum Gasteiger partial charge on any atom is 0.341 e. The first kappa shape index (κ1) is 30.0. The normalized spacial score (nSPS) is 19.3. The molecule has 0 bridgehead atoms. The lowest BCUT2D eigenvalue weighted by Crippen LogP contribution is -2.53. The van der Waals surface area contributed by atoms with Crippen LogP contribution in [0.4, 0.5) is 0 Å². The van der Waals surface area contributed by atoms with Gasteiger partial charge in [-0.05, 0) is 78.9 Å². The van der Waals surface area contributed by atoms with Crippen molar-refractivity contribution in [3.63, 3.8) is 0 Å². The Balaban J connectivity index is 1.36. The van der Waals surface area contributed by atoms with Crippen LogP contribution in [-0.2, 0) is 30.7 Å². The first-order valence-corrected chi connectivity index (χ1v) is 15.9. The van der Waals surface area contributed by atoms with Gasteiger partial charge in [-0.3, -0.25) is 9.69 Å². The zero-order valence-electron chi connectivity index (χ0n) is 23.1. The van der Waals surface area contributed by atoms with Crippen LogP contribution in [-0.4, -0.2) is 61.7 Å². The van der Waals surface area contributed by atoms with Crippen molar-refractivity contribution in [2.24, 2.45) is 5.73 Å². The summed E-state index contributed by atoms with van der Waals surface area (Å²) in [5.74, 6) is -0.715. The highest BCUT2D eigenvalue weighted by Gasteiger charge is 2.49. The van der Waals surface area contributed by atoms with Crippen LogP contribution in [0.25, 0.3) is 16.7 Å². The number of halogens is 2. The van der Waals surface area contributed by atoms with Crippen molar-refractivity contribution < 1.29 is 22.7 Å². The van der Waals surface area contributed by atoms with Gasteiger partial charge >= 0.3 is 5.97 Å². The van der Waals surface area contributed by atoms with Gasteiger partial charge in [-0.2, -0.15) is 0 Å². The van der Waals surface area contributed by atoms with Crippen LogP contribution >= 0.6 is 23.2 Å². The van der Waals surface area contributed by atoms with Gasteiger partial charge in [0.1, 0.15) is 5.15 Å². The van der Waals surface area contributed by atoms with E-state index in [1.54, 1.807) is 42.6 Å². The van der Waals surface area contributed by atoms with Crippen molar-refractivity contribution in [1.29, 1.82) is 0 Å². The van der Waals surface area contributed by atoms with Crippen molar-refractivity contribution in [1.82, 2.24) is 15.2 Å². The van der Waals surface area contributed by atoms with Crippen molar-refractivity contribution in [2.45, 2.75) is 36.8 Å². The second kappa shape index (κ2) is 11.7. The predicted octanol–water partition coefficient (Wildman–Crippen LogP) is 4.14. The van der Waals surface area contributed by atoms with E-state index in [2.05, 4.69) is 10.3 Å². The average molecular weight is 630 g/mol. The number of nitrogens with two attached hydrogens (primary N) is 1. The van der Waals surface area contributed by atoms with Gasteiger partial charge < -0.3 is 15.8 Å². The highest BCUT2D eigenvalue weighted by Crippen LogP contribution is 2.43. The fraction of sp³-hybridized carbons (Fsp3) is 0.300. The minimum Gasteiger partial charge on any atom is -0.448 e. The zero-order chi connectivity index (χ0) is 30.2. The smallest absolute Gasteiger partial charge is 0.341 e. The number of benzene rings is 2. The van der Waals surface area contributed by atoms with Crippen molar-refractivity contribution in [3.05, 3.63) is 87.3 Å². The van der Waals surface area contributed by atoms with Gasteiger partial charge in [-0.1, -0.05) is 41.4 Å². The molecule has 220 valence electrons. The molecule has 2 aromatic carbocycles. The van der Waals surface area contributed by atoms with E-state index in [4.69, 9.17) is 33.7 Å². The Morgan fingerprint density at radius 2 is 1.95 bits per heavy atom. The predicted molar refractivity (Wildman–Crippen MR) is 161 cm³/mol. The Bertz CT molecular complexity index is 1710. The summed E-state index contributed by atoms with van der Waals surface area (Å²) in [4.78, 5) is 32.1. The highest BCUT2D eigenvalue weighted by molar-refractivity contribution is 7.90. The quantitative estimate of drug-likeness (QED) is 0.295. The zero-order valence-corrected chi connectivity index (χ0v) is 25.4. The van der Waals surface area contributed by atoms with E-state index < -0.39 is 21.4 Å². The molecule has 0 radical (unpaired) electrons. The van der Waals surface area contributed by atoms with Gasteiger partial charge in [0.25, 0.3) is 0 Å². The minimum atomic E-state index is -3.40. The molecule has 1 fully saturated rings. The van der Waals surface area contributed by atoms with E-state index in [0.29, 0.717) is 58.5 Å². The molecule has 1 amide bonds. The third-order valence-electron chi connectivity index (χ3n) is 7.59. The number of ether oxygens (including phenoxy) is 1. The summed E-state index contributed by atoms with van der Waals surface area (Å²) in [6.45, 7) is 3.21. The second-order valence-corrected chi connectivity index (χ2v) is 13.5. The van der Waals surface area contributed by atoms with Crippen LogP contribution in [0.1, 0.15) is 29.5 Å². The molecule has 9 nitrogen and oxygen atoms in total. The maximum atomic E-state index is 13.3. The van der Waals surface area contributed by atoms with Crippen LogP contribution in [0.3, 0.4) is 0 Å². The lowest BCUT2D eigenvalue weighted by molar-refractivity contribution is -0.149. The van der Waals surface area contributed by atoms with Crippen LogP contribution in [0.5, 0.6) is 0 Å². The molecule has 2 aliphatic rings. The molecule has 1 unspecified atom stereocenters. The standard InChI is InChI=1S/C30H30Cl2N4O5S/c1-18-11-23(20-5-3-6-21(12-20)42(2,39)40)24(31)13-22(18)27-28(33)30(41-29(27)38)9-4-10-36(17-30)16-26(37)35-15-19-7-8-25(32)34-14-19/h3,5-8,11-14H,4,9-10,15-17,33H2,1-2H3,(H,35,37). The van der Waals surface area contributed by atoms with Gasteiger partial charge in [-0.15, -0.1) is 0 Å². The lowest BCUT2D eigenvalue weighted by atomic mass is 9.86. The number of rotatable bonds is 7. The van der Waals surface area contributed by atoms with E-state index in [1.807, 2.05) is 17.9 Å². The Hall–Kier alpha value is -3.44. The van der Waals surface area contributed by atoms with E-state index in [0.717, 1.165) is 17.4 Å². The number of piperidine rings is 1. The molecule has 3 heterocycles. The summed E-state index contributed by atoms with van der Waals surface area (Å²) in [7, 11) is -3.40. The monoisotopic (exact) mass is 628 g/mol. The van der Waals surface area contributed by atoms with Crippen molar-refractivity contribution in [2.75, 3.05) is 25.9 Å². The molecule has 0 aliphatic carbocycles. The summed E-state index contributed by atoms with van der Waals surface area (Å²) in [6, 6.07) is 13.5. The molecule has 42 heavy (non-hydrogen) atoms. The minimum absolute atomic E-state index is 0.120. The van der Waals surface area contributed by atoms with Crippen LogP contribution < -0.4 is 11.1 Å². The molecule has 12 heteroatoms. The first-order chi connectivity index (χ1) is 19.9. The number of pyridine rings is 1. The number of nitrogens with zero attached hydrogens (tertiary/aromatic N) is 2. The van der Waals surface area contributed by atoms with E-state index >= 15 is 0 Å². The topological polar surface area (TPSA) is 132 Å². The molecule has 1 atom stereocenters. The Morgan fingerprint density at radius 3 is 2.67 bits per heavy atom. The molecular weight excluding hydrogens is 599 g/mol. The molecular formula is C30H30Cl2N4O5S. The molecule has 3 N–H and O–H groups in total. The van der Waals surface area contributed by atoms with Crippen LogP contribution in [0, 0.1) is 6.92 Å². The number of aromatic nitrogens is 1. The SMILES string of the molecule is Cc1cc(-c2cccc(S(C)(=O)=O)c2)c(Cl)cc1C1=C(N)C2(CCCN(CC(=O)NCc3ccc(Cl)nc3)C2)OC1=O. The van der Waals surface area contributed by atoms with Gasteiger partial charge in [0, 0.05) is 36.1 Å². The number of carbonyl (C=O) groups excluding carboxylic acids is 2. The molecule has 2 aliphatic heterocycles. The van der Waals surface area contributed by atoms with Gasteiger partial charge in [0.15, 0.2) is 15.4 Å². The Kier molecular flexibility index (Phi) is 8.35. The summed E-state index contributed by atoms with van der Waals surface area (Å²) in [5.41, 5.74) is 9.57. The average Bonchev–Trinajstić information content (AvgIpc) is 3.17. The molecule has 5 rings (SSSR count). The summed E-state index contributed by atoms with van der Waals surface area (Å²) < 4.78 is 30.1. The largest absolute Gasteiger partial charge is 0.448 e. The number of aryl methyl sites for hydroxylation is 1. The third-order valence-corrected chi connectivity index (χ3v) is 9.23. The number of esters is 1. The lowest BCUT2D eigenvalue weighted by Gasteiger charge is -2.39. The molecule has 1 spiro atoms. The van der Waals surface area contributed by atoms with Gasteiger partial charge in [0.2, 0.25) is 5.91 Å². The number of hydrogen-bond acceptors (Lipinski definition) is 8. The van der Waals surface area contributed by atoms with Crippen molar-refractivity contribution >= 4 is 50.5 Å². The molecule has 3 aromatic rings. The maximum absolute atomic E-state index is 13.3. The van der Waals surface area contributed by atoms with E-state index in [-0.39, 0.29) is 29.5 Å². The summed E-state index contributed by atoms with van der Waals surface area (Å²) in [5, 5.41) is 3.60. The number of hydrogen-bond donors (Lipinski definition) is 2. The second-order valence-electron chi connectivity index (χ2n) is 10.7. The van der Waals surface area contributed by atoms with Gasteiger partial charge in [-0.25, -0.2) is 18.2 Å². The van der Waals surface area contributed by atoms with Crippen molar-refractivity contribution in [3.8, 4) is 11.1 Å². The number of sulfone groups is 1.